The summed E-state index contributed by atoms with van der Waals surface area (Å²) in [5, 5.41) is 12.6. The first-order valence-corrected chi connectivity index (χ1v) is 7.15. The minimum absolute atomic E-state index is 0.105. The van der Waals surface area contributed by atoms with Crippen LogP contribution in [0, 0.1) is 11.8 Å². The molecule has 0 aromatic carbocycles. The van der Waals surface area contributed by atoms with E-state index in [0.717, 1.165) is 24.3 Å². The smallest absolute Gasteiger partial charge is 0.229 e. The molecule has 1 aromatic rings. The van der Waals surface area contributed by atoms with Crippen LogP contribution in [0.1, 0.15) is 44.5 Å². The van der Waals surface area contributed by atoms with Gasteiger partial charge in [-0.25, -0.2) is 0 Å². The Kier molecular flexibility index (Phi) is 4.10. The minimum atomic E-state index is 0.105. The van der Waals surface area contributed by atoms with E-state index in [2.05, 4.69) is 29.4 Å². The second kappa shape index (κ2) is 5.58. The highest BCUT2D eigenvalue weighted by Crippen LogP contribution is 2.38. The van der Waals surface area contributed by atoms with Gasteiger partial charge in [-0.15, -0.1) is 10.2 Å². The summed E-state index contributed by atoms with van der Waals surface area (Å²) in [6, 6.07) is 0. The monoisotopic (exact) mass is 253 g/mol. The minimum Gasteiger partial charge on any atom is -0.300 e. The summed E-state index contributed by atoms with van der Waals surface area (Å²) in [6.07, 6.45) is 5.57. The Hall–Kier alpha value is -0.970. The molecule has 1 aliphatic rings. The van der Waals surface area contributed by atoms with E-state index in [1.54, 1.807) is 0 Å². The van der Waals surface area contributed by atoms with Crippen LogP contribution >= 0.6 is 11.3 Å². The molecule has 0 aliphatic heterocycles. The maximum Gasteiger partial charge on any atom is 0.229 e. The molecule has 1 fully saturated rings. The molecule has 1 aliphatic carbocycles. The molecule has 94 valence electrons. The van der Waals surface area contributed by atoms with Crippen LogP contribution in [0.4, 0.5) is 5.13 Å². The number of aromatic nitrogens is 2. The van der Waals surface area contributed by atoms with Gasteiger partial charge in [0.15, 0.2) is 0 Å². The summed E-state index contributed by atoms with van der Waals surface area (Å²) >= 11 is 1.50. The number of nitrogens with zero attached hydrogens (tertiary/aromatic N) is 2. The second-order valence-electron chi connectivity index (χ2n) is 4.77. The molecule has 2 atom stereocenters. The molecule has 0 saturated heterocycles. The lowest BCUT2D eigenvalue weighted by molar-refractivity contribution is -0.117. The third-order valence-electron chi connectivity index (χ3n) is 3.14. The predicted octanol–water partition coefficient (Wildman–Crippen LogP) is 2.87. The van der Waals surface area contributed by atoms with E-state index in [1.165, 1.54) is 24.2 Å². The van der Waals surface area contributed by atoms with E-state index in [-0.39, 0.29) is 11.8 Å². The highest BCUT2D eigenvalue weighted by molar-refractivity contribution is 7.15. The Bertz CT molecular complexity index is 391. The fourth-order valence-corrected chi connectivity index (χ4v) is 2.60. The zero-order chi connectivity index (χ0) is 12.3. The van der Waals surface area contributed by atoms with Crippen molar-refractivity contribution in [2.24, 2.45) is 11.8 Å². The number of anilines is 1. The Morgan fingerprint density at radius 3 is 2.88 bits per heavy atom. The molecule has 4 nitrogen and oxygen atoms in total. The number of amides is 1. The van der Waals surface area contributed by atoms with Crippen LogP contribution in [-0.4, -0.2) is 16.1 Å². The third kappa shape index (κ3) is 3.49. The molecule has 0 bridgehead atoms. The molecule has 1 amide bonds. The van der Waals surface area contributed by atoms with E-state index in [4.69, 9.17) is 0 Å². The highest BCUT2D eigenvalue weighted by atomic mass is 32.1. The average molecular weight is 253 g/mol. The zero-order valence-corrected chi connectivity index (χ0v) is 11.2. The normalized spacial score (nSPS) is 22.5. The van der Waals surface area contributed by atoms with Gasteiger partial charge in [0.1, 0.15) is 5.01 Å². The van der Waals surface area contributed by atoms with E-state index >= 15 is 0 Å². The fourth-order valence-electron chi connectivity index (χ4n) is 1.82. The molecule has 2 rings (SSSR count). The van der Waals surface area contributed by atoms with Gasteiger partial charge < -0.3 is 5.32 Å². The SMILES string of the molecule is CCCCCc1nnc(NC(=O)C2CC2C)s1. The van der Waals surface area contributed by atoms with Gasteiger partial charge in [-0.05, 0) is 18.8 Å². The summed E-state index contributed by atoms with van der Waals surface area (Å²) in [5.74, 6) is 0.836. The van der Waals surface area contributed by atoms with Gasteiger partial charge in [0.05, 0.1) is 0 Å². The van der Waals surface area contributed by atoms with Gasteiger partial charge >= 0.3 is 0 Å². The van der Waals surface area contributed by atoms with E-state index in [1.807, 2.05) is 0 Å². The maximum atomic E-state index is 11.7. The molecule has 0 spiro atoms. The summed E-state index contributed by atoms with van der Waals surface area (Å²) in [6.45, 7) is 4.28. The molecule has 1 N–H and O–H groups in total. The number of rotatable bonds is 6. The number of hydrogen-bond donors (Lipinski definition) is 1. The third-order valence-corrected chi connectivity index (χ3v) is 4.04. The topological polar surface area (TPSA) is 54.9 Å². The summed E-state index contributed by atoms with van der Waals surface area (Å²) in [7, 11) is 0. The van der Waals surface area contributed by atoms with Crippen LogP contribution in [0.2, 0.25) is 0 Å². The zero-order valence-electron chi connectivity index (χ0n) is 10.4. The fraction of sp³-hybridized carbons (Fsp3) is 0.750. The van der Waals surface area contributed by atoms with Gasteiger partial charge in [0.2, 0.25) is 11.0 Å². The lowest BCUT2D eigenvalue weighted by atomic mass is 10.2. The first kappa shape index (κ1) is 12.5. The van der Waals surface area contributed by atoms with Crippen LogP contribution < -0.4 is 5.32 Å². The standard InChI is InChI=1S/C12H19N3OS/c1-3-4-5-6-10-14-15-12(17-10)13-11(16)9-7-8(9)2/h8-9H,3-7H2,1-2H3,(H,13,15,16). The van der Waals surface area contributed by atoms with Crippen molar-refractivity contribution in [3.63, 3.8) is 0 Å². The lowest BCUT2D eigenvalue weighted by Crippen LogP contribution is -2.14. The first-order chi connectivity index (χ1) is 8.20. The van der Waals surface area contributed by atoms with Crippen molar-refractivity contribution in [2.75, 3.05) is 5.32 Å². The number of carbonyl (C=O) groups is 1. The van der Waals surface area contributed by atoms with Crippen molar-refractivity contribution in [1.82, 2.24) is 10.2 Å². The molecule has 2 unspecified atom stereocenters. The van der Waals surface area contributed by atoms with Gasteiger partial charge in [0, 0.05) is 12.3 Å². The molecular weight excluding hydrogens is 234 g/mol. The van der Waals surface area contributed by atoms with Crippen molar-refractivity contribution in [3.05, 3.63) is 5.01 Å². The van der Waals surface area contributed by atoms with Crippen molar-refractivity contribution in [3.8, 4) is 0 Å². The Morgan fingerprint density at radius 1 is 1.47 bits per heavy atom. The van der Waals surface area contributed by atoms with Crippen LogP contribution in [0.25, 0.3) is 0 Å². The summed E-state index contributed by atoms with van der Waals surface area (Å²) in [5.41, 5.74) is 0. The molecule has 1 aromatic heterocycles. The van der Waals surface area contributed by atoms with Crippen LogP contribution in [0.15, 0.2) is 0 Å². The van der Waals surface area contributed by atoms with E-state index in [9.17, 15) is 4.79 Å². The van der Waals surface area contributed by atoms with E-state index < -0.39 is 0 Å². The number of hydrogen-bond acceptors (Lipinski definition) is 4. The number of unbranched alkanes of at least 4 members (excludes halogenated alkanes) is 2. The number of carbonyl (C=O) groups excluding carboxylic acids is 1. The maximum absolute atomic E-state index is 11.7. The van der Waals surface area contributed by atoms with Gasteiger partial charge in [-0.3, -0.25) is 4.79 Å². The molecule has 1 heterocycles. The number of nitrogens with one attached hydrogen (secondary N) is 1. The van der Waals surface area contributed by atoms with Crippen molar-refractivity contribution in [1.29, 1.82) is 0 Å². The summed E-state index contributed by atoms with van der Waals surface area (Å²) in [4.78, 5) is 11.7. The first-order valence-electron chi connectivity index (χ1n) is 6.34. The molecule has 1 saturated carbocycles. The lowest BCUT2D eigenvalue weighted by Gasteiger charge is -1.97. The predicted molar refractivity (Wildman–Crippen MR) is 69.0 cm³/mol. The van der Waals surface area contributed by atoms with Crippen LogP contribution in [0.5, 0.6) is 0 Å². The molecule has 17 heavy (non-hydrogen) atoms. The Labute approximate surface area is 106 Å². The van der Waals surface area contributed by atoms with Crippen molar-refractivity contribution < 1.29 is 4.79 Å². The number of aryl methyl sites for hydroxylation is 1. The Balaban J connectivity index is 1.79. The largest absolute Gasteiger partial charge is 0.300 e. The highest BCUT2D eigenvalue weighted by Gasteiger charge is 2.39. The van der Waals surface area contributed by atoms with Gasteiger partial charge in [-0.1, -0.05) is 38.0 Å². The van der Waals surface area contributed by atoms with Crippen molar-refractivity contribution >= 4 is 22.4 Å². The van der Waals surface area contributed by atoms with Crippen molar-refractivity contribution in [2.45, 2.75) is 46.0 Å². The molecule has 0 radical (unpaired) electrons. The molecule has 5 heteroatoms. The van der Waals surface area contributed by atoms with Crippen LogP contribution in [0.3, 0.4) is 0 Å². The van der Waals surface area contributed by atoms with Crippen LogP contribution in [-0.2, 0) is 11.2 Å². The van der Waals surface area contributed by atoms with E-state index in [0.29, 0.717) is 11.0 Å². The van der Waals surface area contributed by atoms with Gasteiger partial charge in [0.25, 0.3) is 0 Å². The average Bonchev–Trinajstić information content (AvgIpc) is 2.86. The quantitative estimate of drug-likeness (QED) is 0.793. The second-order valence-corrected chi connectivity index (χ2v) is 5.83. The Morgan fingerprint density at radius 2 is 2.24 bits per heavy atom. The summed E-state index contributed by atoms with van der Waals surface area (Å²) < 4.78 is 0. The molecular formula is C12H19N3OS. The van der Waals surface area contributed by atoms with Gasteiger partial charge in [-0.2, -0.15) is 0 Å².